The number of ether oxygens (including phenoxy) is 4. The lowest BCUT2D eigenvalue weighted by Crippen LogP contribution is -2.65. The minimum Gasteiger partial charge on any atom is -0.394 e. The van der Waals surface area contributed by atoms with Crippen molar-refractivity contribution in [1.82, 2.24) is 5.32 Å². The van der Waals surface area contributed by atoms with E-state index in [0.29, 0.717) is 13.0 Å². The maximum atomic E-state index is 11.9. The van der Waals surface area contributed by atoms with Gasteiger partial charge in [-0.1, -0.05) is 26.7 Å². The van der Waals surface area contributed by atoms with Crippen molar-refractivity contribution in [2.45, 2.75) is 102 Å². The smallest absolute Gasteiger partial charge is 0.217 e. The first kappa shape index (κ1) is 27.4. The molecule has 32 heavy (non-hydrogen) atoms. The van der Waals surface area contributed by atoms with Gasteiger partial charge in [-0.05, 0) is 12.8 Å². The van der Waals surface area contributed by atoms with Crippen molar-refractivity contribution in [3.05, 3.63) is 0 Å². The molecule has 6 N–H and O–H groups in total. The summed E-state index contributed by atoms with van der Waals surface area (Å²) < 4.78 is 23.3. The number of nitrogens with one attached hydrogen (secondary N) is 1. The predicted molar refractivity (Wildman–Crippen MR) is 111 cm³/mol. The number of aliphatic hydroxyl groups is 5. The largest absolute Gasteiger partial charge is 0.394 e. The summed E-state index contributed by atoms with van der Waals surface area (Å²) >= 11 is 0. The second-order valence-electron chi connectivity index (χ2n) is 8.43. The summed E-state index contributed by atoms with van der Waals surface area (Å²) in [6.07, 6.45) is -6.67. The van der Waals surface area contributed by atoms with Crippen LogP contribution in [0.1, 0.15) is 46.5 Å². The number of amides is 1. The Morgan fingerprint density at radius 3 is 2.16 bits per heavy atom. The van der Waals surface area contributed by atoms with Crippen LogP contribution in [0.4, 0.5) is 0 Å². The molecule has 11 nitrogen and oxygen atoms in total. The predicted octanol–water partition coefficient (Wildman–Crippen LogP) is -1.37. The highest BCUT2D eigenvalue weighted by Gasteiger charge is 2.51. The van der Waals surface area contributed by atoms with Crippen LogP contribution in [-0.2, 0) is 23.7 Å². The van der Waals surface area contributed by atoms with Crippen molar-refractivity contribution in [2.24, 2.45) is 5.92 Å². The molecule has 0 aromatic carbocycles. The lowest BCUT2D eigenvalue weighted by Gasteiger charge is -2.49. The van der Waals surface area contributed by atoms with Gasteiger partial charge in [-0.25, -0.2) is 0 Å². The summed E-state index contributed by atoms with van der Waals surface area (Å²) in [7, 11) is 0. The normalized spacial score (nSPS) is 40.2. The van der Waals surface area contributed by atoms with E-state index in [-0.39, 0.29) is 11.8 Å². The van der Waals surface area contributed by atoms with Gasteiger partial charge < -0.3 is 49.8 Å². The van der Waals surface area contributed by atoms with E-state index in [1.807, 2.05) is 13.8 Å². The molecular formula is C21H39NO10. The number of hydrogen-bond acceptors (Lipinski definition) is 10. The van der Waals surface area contributed by atoms with Gasteiger partial charge in [-0.2, -0.15) is 0 Å². The molecule has 0 saturated carbocycles. The Morgan fingerprint density at radius 1 is 0.938 bits per heavy atom. The highest BCUT2D eigenvalue weighted by Crippen LogP contribution is 2.35. The SMILES string of the molecule is CCCCC1C(NC(C)=O)C(OCCC)OC(CO)C1OC1OC(CO)C(O)C(O)C1O. The summed E-state index contributed by atoms with van der Waals surface area (Å²) in [5, 5.41) is 52.9. The first-order valence-corrected chi connectivity index (χ1v) is 11.4. The monoisotopic (exact) mass is 465 g/mol. The lowest BCUT2D eigenvalue weighted by molar-refractivity contribution is -0.344. The standard InChI is InChI=1S/C21H39NO10/c1-4-6-7-12-15(22-11(3)25)20(29-8-5-2)31-14(10-24)19(12)32-21-18(28)17(27)16(26)13(9-23)30-21/h12-21,23-24,26-28H,4-10H2,1-3H3,(H,22,25). The van der Waals surface area contributed by atoms with Gasteiger partial charge in [0, 0.05) is 19.4 Å². The van der Waals surface area contributed by atoms with E-state index in [0.717, 1.165) is 19.3 Å². The molecule has 2 fully saturated rings. The average Bonchev–Trinajstić information content (AvgIpc) is 2.77. The molecule has 2 rings (SSSR count). The molecule has 2 aliphatic heterocycles. The van der Waals surface area contributed by atoms with Crippen molar-refractivity contribution in [3.63, 3.8) is 0 Å². The van der Waals surface area contributed by atoms with Crippen LogP contribution >= 0.6 is 0 Å². The number of unbranched alkanes of at least 4 members (excludes halogenated alkanes) is 1. The third kappa shape index (κ3) is 6.58. The second kappa shape index (κ2) is 13.1. The van der Waals surface area contributed by atoms with Crippen LogP contribution in [0.5, 0.6) is 0 Å². The molecule has 188 valence electrons. The van der Waals surface area contributed by atoms with E-state index >= 15 is 0 Å². The second-order valence-corrected chi connectivity index (χ2v) is 8.43. The van der Waals surface area contributed by atoms with Gasteiger partial charge in [0.15, 0.2) is 12.6 Å². The van der Waals surface area contributed by atoms with Crippen LogP contribution in [-0.4, -0.2) is 107 Å². The number of carbonyl (C=O) groups excluding carboxylic acids is 1. The topological polar surface area (TPSA) is 167 Å². The minimum absolute atomic E-state index is 0.278. The van der Waals surface area contributed by atoms with Gasteiger partial charge in [-0.3, -0.25) is 4.79 Å². The summed E-state index contributed by atoms with van der Waals surface area (Å²) in [6, 6.07) is -0.580. The van der Waals surface area contributed by atoms with E-state index < -0.39 is 68.5 Å². The first-order chi connectivity index (χ1) is 15.3. The van der Waals surface area contributed by atoms with Gasteiger partial charge >= 0.3 is 0 Å². The van der Waals surface area contributed by atoms with Gasteiger partial charge in [-0.15, -0.1) is 0 Å². The molecular weight excluding hydrogens is 426 g/mol. The quantitative estimate of drug-likeness (QED) is 0.214. The fourth-order valence-corrected chi connectivity index (χ4v) is 4.26. The molecule has 10 atom stereocenters. The van der Waals surface area contributed by atoms with Gasteiger partial charge in [0.05, 0.1) is 25.4 Å². The molecule has 0 spiro atoms. The molecule has 1 amide bonds. The Hall–Kier alpha value is -0.890. The maximum absolute atomic E-state index is 11.9. The van der Waals surface area contributed by atoms with E-state index in [1.54, 1.807) is 0 Å². The molecule has 0 aliphatic carbocycles. The van der Waals surface area contributed by atoms with Gasteiger partial charge in [0.2, 0.25) is 5.91 Å². The Kier molecular flexibility index (Phi) is 11.2. The van der Waals surface area contributed by atoms with Crippen molar-refractivity contribution >= 4 is 5.91 Å². The maximum Gasteiger partial charge on any atom is 0.217 e. The highest BCUT2D eigenvalue weighted by atomic mass is 16.7. The van der Waals surface area contributed by atoms with Crippen molar-refractivity contribution in [3.8, 4) is 0 Å². The number of aliphatic hydroxyl groups excluding tert-OH is 5. The van der Waals surface area contributed by atoms with Gasteiger partial charge in [0.25, 0.3) is 0 Å². The zero-order chi connectivity index (χ0) is 23.8. The zero-order valence-electron chi connectivity index (χ0n) is 19.0. The third-order valence-electron chi connectivity index (χ3n) is 5.92. The van der Waals surface area contributed by atoms with Crippen LogP contribution < -0.4 is 5.32 Å². The molecule has 0 aromatic heterocycles. The van der Waals surface area contributed by atoms with Crippen molar-refractivity contribution in [1.29, 1.82) is 0 Å². The fraction of sp³-hybridized carbons (Fsp3) is 0.952. The van der Waals surface area contributed by atoms with Crippen LogP contribution in [0.25, 0.3) is 0 Å². The van der Waals surface area contributed by atoms with Crippen molar-refractivity contribution < 1.29 is 49.3 Å². The van der Waals surface area contributed by atoms with Crippen LogP contribution in [0, 0.1) is 5.92 Å². The Balaban J connectivity index is 2.32. The third-order valence-corrected chi connectivity index (χ3v) is 5.92. The Morgan fingerprint density at radius 2 is 1.59 bits per heavy atom. The molecule has 2 heterocycles. The van der Waals surface area contributed by atoms with E-state index in [4.69, 9.17) is 18.9 Å². The molecule has 11 heteroatoms. The molecule has 0 aromatic rings. The summed E-state index contributed by atoms with van der Waals surface area (Å²) in [4.78, 5) is 11.9. The minimum atomic E-state index is -1.59. The molecule has 0 bridgehead atoms. The van der Waals surface area contributed by atoms with Crippen LogP contribution in [0.2, 0.25) is 0 Å². The summed E-state index contributed by atoms with van der Waals surface area (Å²) in [6.45, 7) is 4.75. The van der Waals surface area contributed by atoms with E-state index in [1.165, 1.54) is 6.92 Å². The fourth-order valence-electron chi connectivity index (χ4n) is 4.26. The highest BCUT2D eigenvalue weighted by molar-refractivity contribution is 5.73. The zero-order valence-corrected chi connectivity index (χ0v) is 19.0. The number of hydrogen-bond donors (Lipinski definition) is 6. The van der Waals surface area contributed by atoms with Crippen molar-refractivity contribution in [2.75, 3.05) is 19.8 Å². The molecule has 2 aliphatic rings. The molecule has 0 radical (unpaired) electrons. The lowest BCUT2D eigenvalue weighted by atomic mass is 9.83. The van der Waals surface area contributed by atoms with Crippen LogP contribution in [0.15, 0.2) is 0 Å². The summed E-state index contributed by atoms with van der Waals surface area (Å²) in [5.41, 5.74) is 0. The first-order valence-electron chi connectivity index (χ1n) is 11.4. The number of rotatable bonds is 11. The van der Waals surface area contributed by atoms with Crippen LogP contribution in [0.3, 0.4) is 0 Å². The number of carbonyl (C=O) groups is 1. The van der Waals surface area contributed by atoms with E-state index in [2.05, 4.69) is 5.32 Å². The Labute approximate surface area is 188 Å². The van der Waals surface area contributed by atoms with Gasteiger partial charge in [0.1, 0.15) is 30.5 Å². The Bertz CT molecular complexity index is 565. The molecule has 10 unspecified atom stereocenters. The van der Waals surface area contributed by atoms with E-state index in [9.17, 15) is 30.3 Å². The molecule has 2 saturated heterocycles. The average molecular weight is 466 g/mol. The summed E-state index contributed by atoms with van der Waals surface area (Å²) in [5.74, 6) is -0.641.